The van der Waals surface area contributed by atoms with Gasteiger partial charge in [0.2, 0.25) is 10.0 Å². The zero-order chi connectivity index (χ0) is 12.2. The Morgan fingerprint density at radius 3 is 2.31 bits per heavy atom. The van der Waals surface area contributed by atoms with E-state index < -0.39 is 21.7 Å². The van der Waals surface area contributed by atoms with Gasteiger partial charge in [-0.2, -0.15) is 0 Å². The Labute approximate surface area is 96.3 Å². The molecule has 5 nitrogen and oxygen atoms in total. The highest BCUT2D eigenvalue weighted by Crippen LogP contribution is 2.26. The predicted molar refractivity (Wildman–Crippen MR) is 60.6 cm³/mol. The highest BCUT2D eigenvalue weighted by Gasteiger charge is 2.25. The summed E-state index contributed by atoms with van der Waals surface area (Å²) in [7, 11) is -3.65. The van der Waals surface area contributed by atoms with E-state index >= 15 is 0 Å². The molecular formula is C10H19NO4S. The molecule has 0 heterocycles. The fourth-order valence-corrected chi connectivity index (χ4v) is 3.30. The van der Waals surface area contributed by atoms with E-state index in [0.717, 1.165) is 32.1 Å². The Balaban J connectivity index is 2.41. The Bertz CT molecular complexity index is 331. The number of hydrogen-bond acceptors (Lipinski definition) is 3. The first-order valence-electron chi connectivity index (χ1n) is 5.64. The van der Waals surface area contributed by atoms with Crippen LogP contribution in [0.25, 0.3) is 0 Å². The van der Waals surface area contributed by atoms with Crippen molar-refractivity contribution >= 4 is 16.0 Å². The molecule has 0 bridgehead atoms. The molecule has 1 saturated carbocycles. The largest absolute Gasteiger partial charge is 0.480 e. The number of rotatable bonds is 5. The summed E-state index contributed by atoms with van der Waals surface area (Å²) in [4.78, 5) is 10.3. The summed E-state index contributed by atoms with van der Waals surface area (Å²) in [5.74, 6) is -1.45. The number of carboxylic acids is 1. The SMILES string of the molecule is CCC1CCC(NS(=O)(=O)CC(=O)O)CC1. The van der Waals surface area contributed by atoms with E-state index in [0.29, 0.717) is 5.92 Å². The Morgan fingerprint density at radius 1 is 1.31 bits per heavy atom. The van der Waals surface area contributed by atoms with Gasteiger partial charge in [-0.05, 0) is 31.6 Å². The standard InChI is InChI=1S/C10H19NO4S/c1-2-8-3-5-9(6-4-8)11-16(14,15)7-10(12)13/h8-9,11H,2-7H2,1H3,(H,12,13). The van der Waals surface area contributed by atoms with E-state index in [1.807, 2.05) is 0 Å². The molecule has 0 atom stereocenters. The van der Waals surface area contributed by atoms with Crippen LogP contribution in [0, 0.1) is 5.92 Å². The van der Waals surface area contributed by atoms with Crippen molar-refractivity contribution in [3.05, 3.63) is 0 Å². The third kappa shape index (κ3) is 4.49. The molecule has 1 fully saturated rings. The van der Waals surface area contributed by atoms with Gasteiger partial charge in [-0.1, -0.05) is 13.3 Å². The summed E-state index contributed by atoms with van der Waals surface area (Å²) in [6.45, 7) is 2.14. The van der Waals surface area contributed by atoms with Crippen LogP contribution in [0.5, 0.6) is 0 Å². The summed E-state index contributed by atoms with van der Waals surface area (Å²) in [5.41, 5.74) is 0. The zero-order valence-electron chi connectivity index (χ0n) is 9.48. The van der Waals surface area contributed by atoms with Gasteiger partial charge in [0.25, 0.3) is 0 Å². The molecule has 0 amide bonds. The second kappa shape index (κ2) is 5.63. The molecule has 0 spiro atoms. The Morgan fingerprint density at radius 2 is 1.88 bits per heavy atom. The predicted octanol–water partition coefficient (Wildman–Crippen LogP) is 0.959. The van der Waals surface area contributed by atoms with E-state index in [4.69, 9.17) is 5.11 Å². The second-order valence-electron chi connectivity index (χ2n) is 4.40. The van der Waals surface area contributed by atoms with Crippen molar-refractivity contribution in [2.24, 2.45) is 5.92 Å². The number of carbonyl (C=O) groups is 1. The molecule has 0 unspecified atom stereocenters. The lowest BCUT2D eigenvalue weighted by Crippen LogP contribution is -2.40. The molecular weight excluding hydrogens is 230 g/mol. The average Bonchev–Trinajstić information content (AvgIpc) is 2.16. The Kier molecular flexibility index (Phi) is 4.73. The third-order valence-corrected chi connectivity index (χ3v) is 4.40. The van der Waals surface area contributed by atoms with Crippen molar-refractivity contribution in [2.75, 3.05) is 5.75 Å². The lowest BCUT2D eigenvalue weighted by atomic mass is 9.85. The summed E-state index contributed by atoms with van der Waals surface area (Å²) < 4.78 is 25.2. The van der Waals surface area contributed by atoms with Crippen LogP contribution < -0.4 is 4.72 Å². The third-order valence-electron chi connectivity index (χ3n) is 3.08. The summed E-state index contributed by atoms with van der Waals surface area (Å²) >= 11 is 0. The second-order valence-corrected chi connectivity index (χ2v) is 6.15. The van der Waals surface area contributed by atoms with Crippen molar-refractivity contribution in [3.8, 4) is 0 Å². The smallest absolute Gasteiger partial charge is 0.320 e. The minimum absolute atomic E-state index is 0.0767. The first kappa shape index (κ1) is 13.4. The van der Waals surface area contributed by atoms with E-state index in [1.165, 1.54) is 0 Å². The first-order valence-corrected chi connectivity index (χ1v) is 7.30. The molecule has 1 rings (SSSR count). The maximum atomic E-state index is 11.4. The first-order chi connectivity index (χ1) is 7.43. The van der Waals surface area contributed by atoms with Crippen LogP contribution in [0.2, 0.25) is 0 Å². The maximum Gasteiger partial charge on any atom is 0.320 e. The van der Waals surface area contributed by atoms with Gasteiger partial charge in [0.15, 0.2) is 5.75 Å². The molecule has 0 aromatic heterocycles. The fourth-order valence-electron chi connectivity index (χ4n) is 2.15. The molecule has 0 saturated heterocycles. The van der Waals surface area contributed by atoms with E-state index in [2.05, 4.69) is 11.6 Å². The van der Waals surface area contributed by atoms with Gasteiger partial charge >= 0.3 is 5.97 Å². The van der Waals surface area contributed by atoms with Crippen molar-refractivity contribution in [1.29, 1.82) is 0 Å². The molecule has 0 aromatic carbocycles. The molecule has 6 heteroatoms. The van der Waals surface area contributed by atoms with Gasteiger partial charge in [-0.3, -0.25) is 4.79 Å². The number of nitrogens with one attached hydrogen (secondary N) is 1. The van der Waals surface area contributed by atoms with Crippen LogP contribution in [0.4, 0.5) is 0 Å². The number of aliphatic carboxylic acids is 1. The molecule has 0 radical (unpaired) electrons. The molecule has 1 aliphatic rings. The molecule has 16 heavy (non-hydrogen) atoms. The van der Waals surface area contributed by atoms with Gasteiger partial charge in [-0.15, -0.1) is 0 Å². The van der Waals surface area contributed by atoms with Crippen LogP contribution in [0.1, 0.15) is 39.0 Å². The van der Waals surface area contributed by atoms with Crippen LogP contribution in [0.15, 0.2) is 0 Å². The quantitative estimate of drug-likeness (QED) is 0.760. The number of sulfonamides is 1. The maximum absolute atomic E-state index is 11.4. The zero-order valence-corrected chi connectivity index (χ0v) is 10.3. The molecule has 94 valence electrons. The van der Waals surface area contributed by atoms with Gasteiger partial charge in [-0.25, -0.2) is 13.1 Å². The van der Waals surface area contributed by atoms with Crippen molar-refractivity contribution in [2.45, 2.75) is 45.1 Å². The lowest BCUT2D eigenvalue weighted by molar-refractivity contribution is -0.134. The van der Waals surface area contributed by atoms with Crippen molar-refractivity contribution in [1.82, 2.24) is 4.72 Å². The van der Waals surface area contributed by atoms with Gasteiger partial charge in [0, 0.05) is 6.04 Å². The van der Waals surface area contributed by atoms with Crippen LogP contribution in [-0.2, 0) is 14.8 Å². The van der Waals surface area contributed by atoms with E-state index in [9.17, 15) is 13.2 Å². The van der Waals surface area contributed by atoms with Gasteiger partial charge in [0.1, 0.15) is 0 Å². The summed E-state index contributed by atoms with van der Waals surface area (Å²) in [5, 5.41) is 8.44. The van der Waals surface area contributed by atoms with Crippen LogP contribution in [-0.4, -0.2) is 31.3 Å². The summed E-state index contributed by atoms with van der Waals surface area (Å²) in [6.07, 6.45) is 4.82. The number of carboxylic acid groups (broad SMARTS) is 1. The fraction of sp³-hybridized carbons (Fsp3) is 0.900. The van der Waals surface area contributed by atoms with Gasteiger partial charge in [0.05, 0.1) is 0 Å². The molecule has 0 aromatic rings. The Hall–Kier alpha value is -0.620. The highest BCUT2D eigenvalue weighted by atomic mass is 32.2. The average molecular weight is 249 g/mol. The van der Waals surface area contributed by atoms with Crippen molar-refractivity contribution in [3.63, 3.8) is 0 Å². The lowest BCUT2D eigenvalue weighted by Gasteiger charge is -2.27. The highest BCUT2D eigenvalue weighted by molar-refractivity contribution is 7.90. The minimum atomic E-state index is -3.65. The van der Waals surface area contributed by atoms with Crippen LogP contribution >= 0.6 is 0 Å². The van der Waals surface area contributed by atoms with Gasteiger partial charge < -0.3 is 5.11 Å². The van der Waals surface area contributed by atoms with Crippen LogP contribution in [0.3, 0.4) is 0 Å². The van der Waals surface area contributed by atoms with E-state index in [-0.39, 0.29) is 6.04 Å². The number of hydrogen-bond donors (Lipinski definition) is 2. The minimum Gasteiger partial charge on any atom is -0.480 e. The normalized spacial score (nSPS) is 26.6. The topological polar surface area (TPSA) is 83.5 Å². The molecule has 1 aliphatic carbocycles. The monoisotopic (exact) mass is 249 g/mol. The molecule has 2 N–H and O–H groups in total. The molecule has 0 aliphatic heterocycles. The van der Waals surface area contributed by atoms with E-state index in [1.54, 1.807) is 0 Å². The summed E-state index contributed by atoms with van der Waals surface area (Å²) in [6, 6.07) is -0.0767. The van der Waals surface area contributed by atoms with Crippen molar-refractivity contribution < 1.29 is 18.3 Å².